The number of carbonyl (C=O) groups is 1. The predicted molar refractivity (Wildman–Crippen MR) is 67.2 cm³/mol. The summed E-state index contributed by atoms with van der Waals surface area (Å²) in [4.78, 5) is 19.5. The molecule has 0 aromatic carbocycles. The summed E-state index contributed by atoms with van der Waals surface area (Å²) in [6.07, 6.45) is 5.03. The Balaban J connectivity index is 2.31. The van der Waals surface area contributed by atoms with E-state index >= 15 is 0 Å². The van der Waals surface area contributed by atoms with Gasteiger partial charge in [-0.2, -0.15) is 0 Å². The minimum absolute atomic E-state index is 0.00526. The van der Waals surface area contributed by atoms with Gasteiger partial charge in [-0.05, 0) is 12.2 Å². The molecule has 1 aromatic heterocycles. The summed E-state index contributed by atoms with van der Waals surface area (Å²) in [5.41, 5.74) is 0. The molecule has 1 N–H and O–H groups in total. The van der Waals surface area contributed by atoms with Gasteiger partial charge in [0.15, 0.2) is 17.5 Å². The predicted octanol–water partition coefficient (Wildman–Crippen LogP) is 1.35. The molecule has 0 aliphatic heterocycles. The van der Waals surface area contributed by atoms with Crippen LogP contribution >= 0.6 is 11.8 Å². The molecule has 0 saturated heterocycles. The largest absolute Gasteiger partial charge is 0.481 e. The number of hydrogen-bond donors (Lipinski definition) is 1. The van der Waals surface area contributed by atoms with E-state index in [2.05, 4.69) is 15.3 Å². The van der Waals surface area contributed by atoms with Crippen molar-refractivity contribution in [1.82, 2.24) is 15.3 Å². The summed E-state index contributed by atoms with van der Waals surface area (Å²) < 4.78 is 5.25. The van der Waals surface area contributed by atoms with Crippen molar-refractivity contribution in [3.63, 3.8) is 0 Å². The quantitative estimate of drug-likeness (QED) is 0.614. The lowest BCUT2D eigenvalue weighted by Crippen LogP contribution is -2.31. The first-order valence-corrected chi connectivity index (χ1v) is 6.60. The maximum absolute atomic E-state index is 11.4. The lowest BCUT2D eigenvalue weighted by Gasteiger charge is -2.08. The molecular formula is C11H17N3O2S. The van der Waals surface area contributed by atoms with Gasteiger partial charge in [-0.15, -0.1) is 0 Å². The van der Waals surface area contributed by atoms with Crippen molar-refractivity contribution in [2.45, 2.75) is 19.0 Å². The molecule has 17 heavy (non-hydrogen) atoms. The molecule has 0 aliphatic rings. The Labute approximate surface area is 105 Å². The van der Waals surface area contributed by atoms with Gasteiger partial charge in [0.1, 0.15) is 0 Å². The molecule has 1 amide bonds. The Morgan fingerprint density at radius 1 is 1.47 bits per heavy atom. The highest BCUT2D eigenvalue weighted by Gasteiger charge is 2.04. The van der Waals surface area contributed by atoms with Crippen molar-refractivity contribution in [3.05, 3.63) is 12.4 Å². The molecule has 1 aromatic rings. The van der Waals surface area contributed by atoms with Gasteiger partial charge in [-0.3, -0.25) is 4.79 Å². The Morgan fingerprint density at radius 2 is 2.12 bits per heavy atom. The first kappa shape index (κ1) is 13.8. The topological polar surface area (TPSA) is 64.1 Å². The summed E-state index contributed by atoms with van der Waals surface area (Å²) in [5, 5.41) is 3.45. The Hall–Kier alpha value is -1.30. The Bertz CT molecular complexity index is 354. The highest BCUT2D eigenvalue weighted by molar-refractivity contribution is 7.98. The van der Waals surface area contributed by atoms with Crippen molar-refractivity contribution in [1.29, 1.82) is 0 Å². The summed E-state index contributed by atoms with van der Waals surface area (Å²) in [6.45, 7) is 4.73. The van der Waals surface area contributed by atoms with Crippen molar-refractivity contribution < 1.29 is 9.53 Å². The lowest BCUT2D eigenvalue weighted by molar-refractivity contribution is -0.123. The molecule has 1 heterocycles. The van der Waals surface area contributed by atoms with Crippen LogP contribution in [-0.2, 0) is 4.79 Å². The van der Waals surface area contributed by atoms with Crippen molar-refractivity contribution >= 4 is 17.7 Å². The van der Waals surface area contributed by atoms with Crippen LogP contribution < -0.4 is 10.1 Å². The second kappa shape index (κ2) is 7.11. The third-order valence-electron chi connectivity index (χ3n) is 1.86. The number of thioether (sulfide) groups is 1. The van der Waals surface area contributed by atoms with Gasteiger partial charge in [0.2, 0.25) is 0 Å². The van der Waals surface area contributed by atoms with E-state index in [4.69, 9.17) is 4.74 Å². The van der Waals surface area contributed by atoms with Crippen molar-refractivity contribution in [2.75, 3.05) is 19.4 Å². The standard InChI is InChI=1S/C11H17N3O2S/c1-8(2)4-12-10(15)7-16-9-5-13-11(17-3)14-6-9/h5-6,8H,4,7H2,1-3H3,(H,12,15). The molecule has 0 spiro atoms. The van der Waals surface area contributed by atoms with Gasteiger partial charge in [0.25, 0.3) is 5.91 Å². The van der Waals surface area contributed by atoms with Crippen LogP contribution in [0.1, 0.15) is 13.8 Å². The lowest BCUT2D eigenvalue weighted by atomic mass is 10.2. The van der Waals surface area contributed by atoms with Gasteiger partial charge in [-0.1, -0.05) is 25.6 Å². The average Bonchev–Trinajstić information content (AvgIpc) is 2.34. The highest BCUT2D eigenvalue weighted by Crippen LogP contribution is 2.11. The fourth-order valence-corrected chi connectivity index (χ4v) is 1.32. The highest BCUT2D eigenvalue weighted by atomic mass is 32.2. The Kier molecular flexibility index (Phi) is 5.76. The molecule has 0 atom stereocenters. The van der Waals surface area contributed by atoms with Crippen LogP contribution in [0, 0.1) is 5.92 Å². The number of nitrogens with one attached hydrogen (secondary N) is 1. The summed E-state index contributed by atoms with van der Waals surface area (Å²) >= 11 is 1.46. The molecule has 6 heteroatoms. The second-order valence-electron chi connectivity index (χ2n) is 3.89. The summed E-state index contributed by atoms with van der Waals surface area (Å²) in [5.74, 6) is 0.804. The number of hydrogen-bond acceptors (Lipinski definition) is 5. The molecular weight excluding hydrogens is 238 g/mol. The van der Waals surface area contributed by atoms with E-state index in [1.165, 1.54) is 11.8 Å². The number of nitrogens with zero attached hydrogens (tertiary/aromatic N) is 2. The average molecular weight is 255 g/mol. The van der Waals surface area contributed by atoms with Gasteiger partial charge in [0.05, 0.1) is 12.4 Å². The number of aromatic nitrogens is 2. The second-order valence-corrected chi connectivity index (χ2v) is 4.67. The minimum atomic E-state index is -0.132. The van der Waals surface area contributed by atoms with E-state index < -0.39 is 0 Å². The SMILES string of the molecule is CSc1ncc(OCC(=O)NCC(C)C)cn1. The molecule has 0 saturated carbocycles. The van der Waals surface area contributed by atoms with E-state index in [0.29, 0.717) is 23.4 Å². The van der Waals surface area contributed by atoms with E-state index in [0.717, 1.165) is 0 Å². The molecule has 0 aliphatic carbocycles. The van der Waals surface area contributed by atoms with Gasteiger partial charge >= 0.3 is 0 Å². The van der Waals surface area contributed by atoms with Crippen LogP contribution in [0.15, 0.2) is 17.6 Å². The van der Waals surface area contributed by atoms with Crippen LogP contribution in [0.5, 0.6) is 5.75 Å². The smallest absolute Gasteiger partial charge is 0.257 e. The van der Waals surface area contributed by atoms with Crippen LogP contribution in [-0.4, -0.2) is 35.3 Å². The number of carbonyl (C=O) groups excluding carboxylic acids is 1. The van der Waals surface area contributed by atoms with Gasteiger partial charge in [0, 0.05) is 6.54 Å². The maximum atomic E-state index is 11.4. The summed E-state index contributed by atoms with van der Waals surface area (Å²) in [7, 11) is 0. The normalized spacial score (nSPS) is 10.4. The van der Waals surface area contributed by atoms with Crippen LogP contribution in [0.4, 0.5) is 0 Å². The van der Waals surface area contributed by atoms with Gasteiger partial charge < -0.3 is 10.1 Å². The zero-order chi connectivity index (χ0) is 12.7. The molecule has 0 fully saturated rings. The van der Waals surface area contributed by atoms with E-state index in [1.54, 1.807) is 12.4 Å². The number of amides is 1. The fraction of sp³-hybridized carbons (Fsp3) is 0.545. The van der Waals surface area contributed by atoms with Crippen LogP contribution in [0.2, 0.25) is 0 Å². The third kappa shape index (κ3) is 5.53. The van der Waals surface area contributed by atoms with Gasteiger partial charge in [-0.25, -0.2) is 9.97 Å². The third-order valence-corrected chi connectivity index (χ3v) is 2.44. The first-order chi connectivity index (χ1) is 8.11. The fourth-order valence-electron chi connectivity index (χ4n) is 1.00. The first-order valence-electron chi connectivity index (χ1n) is 5.37. The Morgan fingerprint density at radius 3 is 2.65 bits per heavy atom. The summed E-state index contributed by atoms with van der Waals surface area (Å²) in [6, 6.07) is 0. The van der Waals surface area contributed by atoms with E-state index in [-0.39, 0.29) is 12.5 Å². The van der Waals surface area contributed by atoms with Crippen molar-refractivity contribution in [2.24, 2.45) is 5.92 Å². The minimum Gasteiger partial charge on any atom is -0.481 e. The molecule has 0 bridgehead atoms. The van der Waals surface area contributed by atoms with Crippen molar-refractivity contribution in [3.8, 4) is 5.75 Å². The van der Waals surface area contributed by atoms with E-state index in [9.17, 15) is 4.79 Å². The van der Waals surface area contributed by atoms with Crippen LogP contribution in [0.3, 0.4) is 0 Å². The zero-order valence-corrected chi connectivity index (χ0v) is 11.1. The molecule has 0 unspecified atom stereocenters. The molecule has 1 rings (SSSR count). The zero-order valence-electron chi connectivity index (χ0n) is 10.3. The monoisotopic (exact) mass is 255 g/mol. The number of ether oxygens (including phenoxy) is 1. The maximum Gasteiger partial charge on any atom is 0.257 e. The number of rotatable bonds is 6. The molecule has 94 valence electrons. The van der Waals surface area contributed by atoms with E-state index in [1.807, 2.05) is 20.1 Å². The molecule has 0 radical (unpaired) electrons. The molecule has 5 nitrogen and oxygen atoms in total. The van der Waals surface area contributed by atoms with Crippen LogP contribution in [0.25, 0.3) is 0 Å².